The summed E-state index contributed by atoms with van der Waals surface area (Å²) in [5.74, 6) is 0.981. The van der Waals surface area contributed by atoms with E-state index in [1.807, 2.05) is 0 Å². The molecule has 0 bridgehead atoms. The SMILES string of the molecule is CC(C)(C)c1ccc(OC2CNC2)cc1.Cl. The van der Waals surface area contributed by atoms with Gasteiger partial charge >= 0.3 is 0 Å². The molecule has 0 aliphatic carbocycles. The van der Waals surface area contributed by atoms with Crippen molar-refractivity contribution in [1.29, 1.82) is 0 Å². The lowest BCUT2D eigenvalue weighted by Crippen LogP contribution is -2.50. The Morgan fingerprint density at radius 3 is 2.06 bits per heavy atom. The van der Waals surface area contributed by atoms with Crippen molar-refractivity contribution in [3.63, 3.8) is 0 Å². The van der Waals surface area contributed by atoms with Crippen molar-refractivity contribution >= 4 is 12.4 Å². The van der Waals surface area contributed by atoms with Crippen LogP contribution in [0.3, 0.4) is 0 Å². The molecule has 3 heteroatoms. The molecule has 2 nitrogen and oxygen atoms in total. The van der Waals surface area contributed by atoms with Crippen LogP contribution in [0.25, 0.3) is 0 Å². The van der Waals surface area contributed by atoms with E-state index < -0.39 is 0 Å². The van der Waals surface area contributed by atoms with E-state index in [9.17, 15) is 0 Å². The molecule has 1 heterocycles. The lowest BCUT2D eigenvalue weighted by molar-refractivity contribution is 0.142. The van der Waals surface area contributed by atoms with Gasteiger partial charge in [0.1, 0.15) is 11.9 Å². The molecule has 0 atom stereocenters. The molecule has 1 aliphatic rings. The van der Waals surface area contributed by atoms with Gasteiger partial charge in [0.2, 0.25) is 0 Å². The molecule has 1 N–H and O–H groups in total. The quantitative estimate of drug-likeness (QED) is 0.860. The van der Waals surface area contributed by atoms with Crippen LogP contribution in [0, 0.1) is 0 Å². The molecule has 16 heavy (non-hydrogen) atoms. The van der Waals surface area contributed by atoms with Gasteiger partial charge in [0.05, 0.1) is 0 Å². The summed E-state index contributed by atoms with van der Waals surface area (Å²) in [4.78, 5) is 0. The van der Waals surface area contributed by atoms with Crippen molar-refractivity contribution < 1.29 is 4.74 Å². The molecule has 0 spiro atoms. The molecule has 0 unspecified atom stereocenters. The highest BCUT2D eigenvalue weighted by Gasteiger charge is 2.18. The van der Waals surface area contributed by atoms with E-state index in [1.165, 1.54) is 5.56 Å². The minimum absolute atomic E-state index is 0. The zero-order chi connectivity index (χ0) is 10.9. The van der Waals surface area contributed by atoms with Crippen molar-refractivity contribution in [2.75, 3.05) is 13.1 Å². The largest absolute Gasteiger partial charge is 0.488 e. The number of nitrogens with one attached hydrogen (secondary N) is 1. The van der Waals surface area contributed by atoms with Gasteiger partial charge < -0.3 is 10.1 Å². The molecular formula is C13H20ClNO. The van der Waals surface area contributed by atoms with Crippen LogP contribution >= 0.6 is 12.4 Å². The fourth-order valence-corrected chi connectivity index (χ4v) is 1.57. The molecule has 2 rings (SSSR count). The molecule has 90 valence electrons. The summed E-state index contributed by atoms with van der Waals surface area (Å²) in [5.41, 5.74) is 1.57. The van der Waals surface area contributed by atoms with Crippen molar-refractivity contribution in [3.8, 4) is 5.75 Å². The zero-order valence-electron chi connectivity index (χ0n) is 10.1. The Morgan fingerprint density at radius 1 is 1.12 bits per heavy atom. The van der Waals surface area contributed by atoms with Gasteiger partial charge in [-0.1, -0.05) is 32.9 Å². The molecule has 1 aromatic rings. The van der Waals surface area contributed by atoms with E-state index in [2.05, 4.69) is 50.4 Å². The van der Waals surface area contributed by atoms with Crippen molar-refractivity contribution in [3.05, 3.63) is 29.8 Å². The Kier molecular flexibility index (Phi) is 4.22. The smallest absolute Gasteiger partial charge is 0.123 e. The highest BCUT2D eigenvalue weighted by atomic mass is 35.5. The van der Waals surface area contributed by atoms with Crippen LogP contribution in [-0.4, -0.2) is 19.2 Å². The minimum Gasteiger partial charge on any atom is -0.488 e. The van der Waals surface area contributed by atoms with E-state index in [0.29, 0.717) is 6.10 Å². The van der Waals surface area contributed by atoms with E-state index in [0.717, 1.165) is 18.8 Å². The van der Waals surface area contributed by atoms with Gasteiger partial charge in [0, 0.05) is 13.1 Å². The number of hydrogen-bond donors (Lipinski definition) is 1. The second kappa shape index (κ2) is 5.07. The maximum atomic E-state index is 5.76. The summed E-state index contributed by atoms with van der Waals surface area (Å²) in [6.07, 6.45) is 0.366. The van der Waals surface area contributed by atoms with Gasteiger partial charge in [0.25, 0.3) is 0 Å². The fourth-order valence-electron chi connectivity index (χ4n) is 1.57. The van der Waals surface area contributed by atoms with Crippen LogP contribution in [0.4, 0.5) is 0 Å². The average Bonchev–Trinajstić information content (AvgIpc) is 2.11. The Balaban J connectivity index is 0.00000128. The number of ether oxygens (including phenoxy) is 1. The fraction of sp³-hybridized carbons (Fsp3) is 0.538. The van der Waals surface area contributed by atoms with E-state index in [-0.39, 0.29) is 17.8 Å². The third-order valence-electron chi connectivity index (χ3n) is 2.77. The van der Waals surface area contributed by atoms with Crippen molar-refractivity contribution in [1.82, 2.24) is 5.32 Å². The van der Waals surface area contributed by atoms with Crippen molar-refractivity contribution in [2.24, 2.45) is 0 Å². The molecule has 0 radical (unpaired) electrons. The molecule has 1 fully saturated rings. The van der Waals surface area contributed by atoms with Gasteiger partial charge in [0.15, 0.2) is 0 Å². The lowest BCUT2D eigenvalue weighted by atomic mass is 9.87. The van der Waals surface area contributed by atoms with Gasteiger partial charge in [-0.3, -0.25) is 0 Å². The summed E-state index contributed by atoms with van der Waals surface area (Å²) in [6, 6.07) is 8.45. The third kappa shape index (κ3) is 3.13. The Hall–Kier alpha value is -0.730. The number of rotatable bonds is 2. The van der Waals surface area contributed by atoms with Gasteiger partial charge in [-0.2, -0.15) is 0 Å². The summed E-state index contributed by atoms with van der Waals surface area (Å²) < 4.78 is 5.76. The highest BCUT2D eigenvalue weighted by Crippen LogP contribution is 2.24. The highest BCUT2D eigenvalue weighted by molar-refractivity contribution is 5.85. The minimum atomic E-state index is 0. The summed E-state index contributed by atoms with van der Waals surface area (Å²) in [7, 11) is 0. The normalized spacial score (nSPS) is 16.2. The number of benzene rings is 1. The first-order chi connectivity index (χ1) is 7.05. The molecule has 0 aromatic heterocycles. The lowest BCUT2D eigenvalue weighted by Gasteiger charge is -2.28. The van der Waals surface area contributed by atoms with Gasteiger partial charge in [-0.15, -0.1) is 12.4 Å². The molecule has 1 saturated heterocycles. The van der Waals surface area contributed by atoms with Crippen LogP contribution in [0.1, 0.15) is 26.3 Å². The zero-order valence-corrected chi connectivity index (χ0v) is 10.9. The standard InChI is InChI=1S/C13H19NO.ClH/c1-13(2,3)10-4-6-11(7-5-10)15-12-8-14-9-12;/h4-7,12,14H,8-9H2,1-3H3;1H. The first-order valence-electron chi connectivity index (χ1n) is 5.53. The third-order valence-corrected chi connectivity index (χ3v) is 2.77. The second-order valence-electron chi connectivity index (χ2n) is 5.17. The number of hydrogen-bond acceptors (Lipinski definition) is 2. The Morgan fingerprint density at radius 2 is 1.69 bits per heavy atom. The maximum Gasteiger partial charge on any atom is 0.123 e. The summed E-state index contributed by atoms with van der Waals surface area (Å²) in [6.45, 7) is 8.61. The topological polar surface area (TPSA) is 21.3 Å². The molecule has 1 aromatic carbocycles. The molecule has 1 aliphatic heterocycles. The summed E-state index contributed by atoms with van der Waals surface area (Å²) >= 11 is 0. The second-order valence-corrected chi connectivity index (χ2v) is 5.17. The van der Waals surface area contributed by atoms with Crippen LogP contribution in [0.5, 0.6) is 5.75 Å². The molecule has 0 amide bonds. The predicted molar refractivity (Wildman–Crippen MR) is 69.7 cm³/mol. The first kappa shape index (κ1) is 13.3. The summed E-state index contributed by atoms with van der Waals surface area (Å²) in [5, 5.41) is 3.19. The van der Waals surface area contributed by atoms with Crippen LogP contribution in [0.2, 0.25) is 0 Å². The van der Waals surface area contributed by atoms with Crippen molar-refractivity contribution in [2.45, 2.75) is 32.3 Å². The van der Waals surface area contributed by atoms with Crippen LogP contribution in [0.15, 0.2) is 24.3 Å². The molecular weight excluding hydrogens is 222 g/mol. The van der Waals surface area contributed by atoms with E-state index in [4.69, 9.17) is 4.74 Å². The van der Waals surface area contributed by atoms with Gasteiger partial charge in [-0.05, 0) is 23.1 Å². The number of halogens is 1. The van der Waals surface area contributed by atoms with E-state index >= 15 is 0 Å². The first-order valence-corrected chi connectivity index (χ1v) is 5.53. The van der Waals surface area contributed by atoms with Gasteiger partial charge in [-0.25, -0.2) is 0 Å². The average molecular weight is 242 g/mol. The predicted octanol–water partition coefficient (Wildman–Crippen LogP) is 2.76. The maximum absolute atomic E-state index is 5.76. The van der Waals surface area contributed by atoms with Crippen LogP contribution in [-0.2, 0) is 5.41 Å². The van der Waals surface area contributed by atoms with Crippen LogP contribution < -0.4 is 10.1 Å². The molecule has 0 saturated carbocycles. The Labute approximate surface area is 104 Å². The Bertz CT molecular complexity index is 325. The monoisotopic (exact) mass is 241 g/mol. The van der Waals surface area contributed by atoms with E-state index in [1.54, 1.807) is 0 Å².